The number of rotatable bonds is 4. The number of aromatic nitrogens is 3. The van der Waals surface area contributed by atoms with Crippen LogP contribution < -0.4 is 5.32 Å². The molecule has 0 saturated heterocycles. The average molecular weight is 350 g/mol. The smallest absolute Gasteiger partial charge is 0.289 e. The maximum absolute atomic E-state index is 12.3. The van der Waals surface area contributed by atoms with Crippen molar-refractivity contribution in [3.8, 4) is 11.4 Å². The van der Waals surface area contributed by atoms with Crippen molar-refractivity contribution in [2.75, 3.05) is 0 Å². The lowest BCUT2D eigenvalue weighted by molar-refractivity contribution is 0.0907. The summed E-state index contributed by atoms with van der Waals surface area (Å²) in [5.74, 6) is 2.32. The molecule has 1 fully saturated rings. The molecule has 7 nitrogen and oxygen atoms in total. The highest BCUT2D eigenvalue weighted by Gasteiger charge is 2.30. The summed E-state index contributed by atoms with van der Waals surface area (Å²) in [5.41, 5.74) is 3.29. The predicted octanol–water partition coefficient (Wildman–Crippen LogP) is 3.33. The minimum absolute atomic E-state index is 0.0238. The summed E-state index contributed by atoms with van der Waals surface area (Å²) in [6.45, 7) is 1.72. The van der Waals surface area contributed by atoms with Crippen molar-refractivity contribution >= 4 is 5.91 Å². The molecule has 5 rings (SSSR count). The Morgan fingerprint density at radius 3 is 2.92 bits per heavy atom. The fourth-order valence-corrected chi connectivity index (χ4v) is 3.45. The summed E-state index contributed by atoms with van der Waals surface area (Å²) >= 11 is 0. The van der Waals surface area contributed by atoms with E-state index in [0.29, 0.717) is 17.6 Å². The van der Waals surface area contributed by atoms with E-state index < -0.39 is 0 Å². The summed E-state index contributed by atoms with van der Waals surface area (Å²) < 4.78 is 10.6. The van der Waals surface area contributed by atoms with E-state index in [0.717, 1.165) is 42.7 Å². The highest BCUT2D eigenvalue weighted by molar-refractivity contribution is 5.91. The average Bonchev–Trinajstić information content (AvgIpc) is 3.06. The maximum atomic E-state index is 12.3. The first kappa shape index (κ1) is 15.3. The zero-order valence-corrected chi connectivity index (χ0v) is 14.4. The minimum Gasteiger partial charge on any atom is -0.436 e. The van der Waals surface area contributed by atoms with Gasteiger partial charge in [0.1, 0.15) is 0 Å². The number of aryl methyl sites for hydroxylation is 2. The normalized spacial score (nSPS) is 18.7. The third-order valence-electron chi connectivity index (χ3n) is 5.00. The second-order valence-corrected chi connectivity index (χ2v) is 6.95. The van der Waals surface area contributed by atoms with Gasteiger partial charge in [-0.15, -0.1) is 0 Å². The quantitative estimate of drug-likeness (QED) is 0.776. The monoisotopic (exact) mass is 350 g/mol. The van der Waals surface area contributed by atoms with E-state index in [-0.39, 0.29) is 17.7 Å². The van der Waals surface area contributed by atoms with E-state index in [1.165, 1.54) is 11.8 Å². The number of nitrogens with zero attached hydrogens (tertiary/aromatic N) is 3. The van der Waals surface area contributed by atoms with Crippen LogP contribution in [-0.4, -0.2) is 21.0 Å². The Kier molecular flexibility index (Phi) is 3.41. The van der Waals surface area contributed by atoms with Gasteiger partial charge >= 0.3 is 0 Å². The number of hydrogen-bond acceptors (Lipinski definition) is 6. The number of carbonyl (C=O) groups excluding carboxylic acids is 1. The van der Waals surface area contributed by atoms with Gasteiger partial charge in [-0.1, -0.05) is 17.3 Å². The molecule has 0 aliphatic heterocycles. The molecule has 0 spiro atoms. The lowest BCUT2D eigenvalue weighted by Gasteiger charge is -2.13. The molecule has 2 aliphatic rings. The lowest BCUT2D eigenvalue weighted by atomic mass is 10.0. The molecule has 0 bridgehead atoms. The van der Waals surface area contributed by atoms with Crippen LogP contribution in [-0.2, 0) is 6.42 Å². The van der Waals surface area contributed by atoms with Crippen molar-refractivity contribution in [3.63, 3.8) is 0 Å². The molecule has 3 aromatic rings. The number of amides is 1. The fourth-order valence-electron chi connectivity index (χ4n) is 3.45. The molecule has 1 amide bonds. The number of nitrogens with one attached hydrogen (secondary N) is 1. The van der Waals surface area contributed by atoms with Crippen LogP contribution in [0.3, 0.4) is 0 Å². The second kappa shape index (κ2) is 5.79. The molecule has 2 heterocycles. The van der Waals surface area contributed by atoms with Crippen molar-refractivity contribution in [2.45, 2.75) is 44.6 Å². The van der Waals surface area contributed by atoms with Gasteiger partial charge in [0.05, 0.1) is 12.2 Å². The summed E-state index contributed by atoms with van der Waals surface area (Å²) in [4.78, 5) is 20.8. The van der Waals surface area contributed by atoms with Crippen LogP contribution in [0.5, 0.6) is 0 Å². The summed E-state index contributed by atoms with van der Waals surface area (Å²) in [6.07, 6.45) is 5.49. The zero-order valence-electron chi connectivity index (χ0n) is 14.4. The van der Waals surface area contributed by atoms with Crippen molar-refractivity contribution in [2.24, 2.45) is 0 Å². The molecule has 1 saturated carbocycles. The first-order chi connectivity index (χ1) is 12.7. The molecule has 2 aromatic heterocycles. The standard InChI is InChI=1S/C19H18N4O3/c1-10-20-9-16(25-10)18(24)21-15-7-5-12-8-13(4-6-14(12)15)17-22-19(26-23-17)11-2-3-11/h4,6,8-9,11,15H,2-3,5,7H2,1H3,(H,21,24)/t15-/m1/s1. The third kappa shape index (κ3) is 2.69. The minimum atomic E-state index is -0.236. The summed E-state index contributed by atoms with van der Waals surface area (Å²) in [6, 6.07) is 6.11. The van der Waals surface area contributed by atoms with Gasteiger partial charge < -0.3 is 14.3 Å². The van der Waals surface area contributed by atoms with Gasteiger partial charge in [-0.2, -0.15) is 4.98 Å². The molecule has 1 aromatic carbocycles. The lowest BCUT2D eigenvalue weighted by Crippen LogP contribution is -2.26. The SMILES string of the molecule is Cc1ncc(C(=O)N[C@@H]2CCc3cc(-c4noc(C5CC5)n4)ccc32)o1. The highest BCUT2D eigenvalue weighted by Crippen LogP contribution is 2.40. The van der Waals surface area contributed by atoms with E-state index in [1.807, 2.05) is 12.1 Å². The first-order valence-electron chi connectivity index (χ1n) is 8.87. The van der Waals surface area contributed by atoms with Gasteiger partial charge in [-0.05, 0) is 42.9 Å². The van der Waals surface area contributed by atoms with E-state index in [9.17, 15) is 4.79 Å². The van der Waals surface area contributed by atoms with Gasteiger partial charge in [-0.3, -0.25) is 4.79 Å². The topological polar surface area (TPSA) is 94.1 Å². The van der Waals surface area contributed by atoms with Crippen LogP contribution in [0.15, 0.2) is 33.3 Å². The summed E-state index contributed by atoms with van der Waals surface area (Å²) in [5, 5.41) is 7.14. The Labute approximate surface area is 149 Å². The van der Waals surface area contributed by atoms with Crippen LogP contribution in [0, 0.1) is 6.92 Å². The number of hydrogen-bond donors (Lipinski definition) is 1. The Balaban J connectivity index is 1.35. The molecular formula is C19H18N4O3. The van der Waals surface area contributed by atoms with Gasteiger partial charge in [0, 0.05) is 18.4 Å². The number of oxazole rings is 1. The van der Waals surface area contributed by atoms with E-state index in [2.05, 4.69) is 26.5 Å². The van der Waals surface area contributed by atoms with Crippen molar-refractivity contribution < 1.29 is 13.7 Å². The van der Waals surface area contributed by atoms with Gasteiger partial charge in [-0.25, -0.2) is 4.98 Å². The number of carbonyl (C=O) groups is 1. The maximum Gasteiger partial charge on any atom is 0.289 e. The van der Waals surface area contributed by atoms with Crippen LogP contribution in [0.4, 0.5) is 0 Å². The first-order valence-corrected chi connectivity index (χ1v) is 8.87. The molecule has 1 atom stereocenters. The van der Waals surface area contributed by atoms with E-state index in [4.69, 9.17) is 8.94 Å². The van der Waals surface area contributed by atoms with Crippen LogP contribution in [0.2, 0.25) is 0 Å². The Morgan fingerprint density at radius 2 is 2.15 bits per heavy atom. The molecule has 26 heavy (non-hydrogen) atoms. The van der Waals surface area contributed by atoms with Crippen molar-refractivity contribution in [1.82, 2.24) is 20.4 Å². The molecule has 7 heteroatoms. The number of benzene rings is 1. The van der Waals surface area contributed by atoms with Crippen LogP contribution >= 0.6 is 0 Å². The largest absolute Gasteiger partial charge is 0.436 e. The second-order valence-electron chi connectivity index (χ2n) is 6.95. The predicted molar refractivity (Wildman–Crippen MR) is 91.5 cm³/mol. The van der Waals surface area contributed by atoms with Crippen molar-refractivity contribution in [3.05, 3.63) is 53.1 Å². The molecule has 0 unspecified atom stereocenters. The Bertz CT molecular complexity index is 986. The van der Waals surface area contributed by atoms with Gasteiger partial charge in [0.2, 0.25) is 17.5 Å². The molecule has 132 valence electrons. The molecule has 1 N–H and O–H groups in total. The fraction of sp³-hybridized carbons (Fsp3) is 0.368. The Morgan fingerprint density at radius 1 is 1.27 bits per heavy atom. The van der Waals surface area contributed by atoms with Gasteiger partial charge in [0.25, 0.3) is 5.91 Å². The van der Waals surface area contributed by atoms with E-state index >= 15 is 0 Å². The summed E-state index contributed by atoms with van der Waals surface area (Å²) in [7, 11) is 0. The molecular weight excluding hydrogens is 332 g/mol. The molecule has 0 radical (unpaired) electrons. The van der Waals surface area contributed by atoms with Crippen molar-refractivity contribution in [1.29, 1.82) is 0 Å². The molecule has 2 aliphatic carbocycles. The van der Waals surface area contributed by atoms with E-state index in [1.54, 1.807) is 6.92 Å². The number of fused-ring (bicyclic) bond motifs is 1. The highest BCUT2D eigenvalue weighted by atomic mass is 16.5. The van der Waals surface area contributed by atoms with Gasteiger partial charge in [0.15, 0.2) is 5.89 Å². The van der Waals surface area contributed by atoms with Crippen LogP contribution in [0.1, 0.15) is 64.7 Å². The third-order valence-corrected chi connectivity index (χ3v) is 5.00. The Hall–Kier alpha value is -2.96. The van der Waals surface area contributed by atoms with Crippen LogP contribution in [0.25, 0.3) is 11.4 Å². The zero-order chi connectivity index (χ0) is 17.7.